The van der Waals surface area contributed by atoms with Crippen molar-refractivity contribution in [2.75, 3.05) is 13.2 Å². The normalized spacial score (nSPS) is 17.8. The molecule has 5 aliphatic rings. The van der Waals surface area contributed by atoms with Gasteiger partial charge in [0.1, 0.15) is 17.2 Å². The van der Waals surface area contributed by atoms with Crippen molar-refractivity contribution in [3.8, 4) is 5.88 Å². The summed E-state index contributed by atoms with van der Waals surface area (Å²) in [6, 6.07) is 10.1. The predicted octanol–water partition coefficient (Wildman–Crippen LogP) is 5.58. The number of aromatic nitrogens is 1. The van der Waals surface area contributed by atoms with E-state index in [1.807, 2.05) is 31.2 Å². The Morgan fingerprint density at radius 2 is 1.87 bits per heavy atom. The third kappa shape index (κ3) is 5.39. The number of hydrogen-bond donors (Lipinski definition) is 1. The second-order valence-electron chi connectivity index (χ2n) is 10.1. The van der Waals surface area contributed by atoms with E-state index in [1.54, 1.807) is 6.20 Å². The molecule has 198 valence electrons. The Kier molecular flexibility index (Phi) is 7.40. The van der Waals surface area contributed by atoms with Gasteiger partial charge in [0, 0.05) is 31.3 Å². The number of carbonyl (C=O) groups excluding carboxylic acids is 1. The average molecular weight is 521 g/mol. The number of carbonyl (C=O) groups is 2. The largest absolute Gasteiger partial charge is 0.481 e. The molecular formula is C30H30F2N2O4. The standard InChI is InChI=1S/C30H30F2N2O4/c1-18-11-27-33-16-24(18)23(15-28(35)36)21-7-6-20-8-9-34(17-22(20)14-21)30(37)29-25(31)12-19(13-26(29)32)5-3-2-4-10-38-27/h6-7,11-14,16,23H,2-5,8-10,15,17H2,1H3,(H,35,36). The van der Waals surface area contributed by atoms with Crippen LogP contribution in [0.25, 0.3) is 0 Å². The topological polar surface area (TPSA) is 79.7 Å². The van der Waals surface area contributed by atoms with Crippen molar-refractivity contribution in [3.05, 3.63) is 93.2 Å². The molecule has 1 amide bonds. The van der Waals surface area contributed by atoms with Crippen LogP contribution in [0.5, 0.6) is 5.88 Å². The van der Waals surface area contributed by atoms with Gasteiger partial charge in [0.2, 0.25) is 5.88 Å². The Labute approximate surface area is 220 Å². The van der Waals surface area contributed by atoms with Crippen LogP contribution in [0.3, 0.4) is 0 Å². The van der Waals surface area contributed by atoms with Gasteiger partial charge in [-0.05, 0) is 84.5 Å². The minimum atomic E-state index is -0.941. The van der Waals surface area contributed by atoms with Crippen LogP contribution >= 0.6 is 0 Å². The fourth-order valence-corrected chi connectivity index (χ4v) is 5.45. The maximum absolute atomic E-state index is 15.0. The summed E-state index contributed by atoms with van der Waals surface area (Å²) in [6.45, 7) is 2.89. The number of carboxylic acids is 1. The minimum absolute atomic E-state index is 0.132. The second kappa shape index (κ2) is 10.9. The predicted molar refractivity (Wildman–Crippen MR) is 137 cm³/mol. The second-order valence-corrected chi connectivity index (χ2v) is 10.1. The highest BCUT2D eigenvalue weighted by atomic mass is 19.1. The smallest absolute Gasteiger partial charge is 0.304 e. The van der Waals surface area contributed by atoms with E-state index in [-0.39, 0.29) is 13.0 Å². The number of benzene rings is 2. The van der Waals surface area contributed by atoms with E-state index < -0.39 is 35.0 Å². The first-order chi connectivity index (χ1) is 18.3. The van der Waals surface area contributed by atoms with Crippen molar-refractivity contribution in [2.45, 2.75) is 57.9 Å². The lowest BCUT2D eigenvalue weighted by Gasteiger charge is -2.30. The van der Waals surface area contributed by atoms with Crippen LogP contribution in [-0.2, 0) is 24.2 Å². The molecule has 3 aromatic rings. The maximum Gasteiger partial charge on any atom is 0.304 e. The number of ether oxygens (including phenoxy) is 1. The van der Waals surface area contributed by atoms with E-state index in [1.165, 1.54) is 17.0 Å². The molecule has 0 fully saturated rings. The van der Waals surface area contributed by atoms with E-state index >= 15 is 0 Å². The summed E-state index contributed by atoms with van der Waals surface area (Å²) in [7, 11) is 0. The molecule has 0 spiro atoms. The van der Waals surface area contributed by atoms with Gasteiger partial charge < -0.3 is 14.7 Å². The van der Waals surface area contributed by atoms with Crippen LogP contribution in [0.4, 0.5) is 8.78 Å². The highest BCUT2D eigenvalue weighted by Gasteiger charge is 2.28. The van der Waals surface area contributed by atoms with E-state index in [4.69, 9.17) is 4.74 Å². The number of pyridine rings is 1. The van der Waals surface area contributed by atoms with Crippen molar-refractivity contribution in [3.63, 3.8) is 0 Å². The van der Waals surface area contributed by atoms with Crippen molar-refractivity contribution in [2.24, 2.45) is 0 Å². The molecule has 5 aliphatic heterocycles. The number of aliphatic carboxylic acids is 1. The zero-order chi connectivity index (χ0) is 26.8. The van der Waals surface area contributed by atoms with Crippen LogP contribution in [0.2, 0.25) is 0 Å². The molecule has 6 heterocycles. The quantitative estimate of drug-likeness (QED) is 0.477. The maximum atomic E-state index is 15.0. The summed E-state index contributed by atoms with van der Waals surface area (Å²) >= 11 is 0. The molecule has 2 aromatic carbocycles. The van der Waals surface area contributed by atoms with E-state index in [9.17, 15) is 23.5 Å². The summed E-state index contributed by atoms with van der Waals surface area (Å²) in [6.07, 6.45) is 4.86. The number of amides is 1. The van der Waals surface area contributed by atoms with Crippen LogP contribution in [0.15, 0.2) is 42.6 Å². The van der Waals surface area contributed by atoms with Crippen LogP contribution < -0.4 is 4.74 Å². The molecule has 7 bridgehead atoms. The summed E-state index contributed by atoms with van der Waals surface area (Å²) in [5.74, 6) is -3.29. The van der Waals surface area contributed by atoms with Gasteiger partial charge in [-0.3, -0.25) is 9.59 Å². The lowest BCUT2D eigenvalue weighted by atomic mass is 9.84. The zero-order valence-corrected chi connectivity index (χ0v) is 21.3. The molecule has 1 atom stereocenters. The SMILES string of the molecule is Cc1cc2ncc1C(CC(=O)O)c1ccc3c(c1)CN(CC3)C(=O)c1c(F)cc(cc1F)CCCCCO2. The molecule has 6 nitrogen and oxygen atoms in total. The summed E-state index contributed by atoms with van der Waals surface area (Å²) in [4.78, 5) is 31.0. The van der Waals surface area contributed by atoms with Crippen molar-refractivity contribution < 1.29 is 28.2 Å². The Balaban J connectivity index is 1.55. The van der Waals surface area contributed by atoms with Gasteiger partial charge in [-0.2, -0.15) is 0 Å². The molecule has 38 heavy (non-hydrogen) atoms. The first-order valence-corrected chi connectivity index (χ1v) is 13.0. The van der Waals surface area contributed by atoms with Gasteiger partial charge in [-0.1, -0.05) is 18.2 Å². The molecule has 1 aromatic heterocycles. The monoisotopic (exact) mass is 520 g/mol. The number of hydrogen-bond acceptors (Lipinski definition) is 4. The summed E-state index contributed by atoms with van der Waals surface area (Å²) in [5, 5.41) is 9.69. The first kappa shape index (κ1) is 25.8. The Morgan fingerprint density at radius 3 is 2.61 bits per heavy atom. The molecule has 1 unspecified atom stereocenters. The highest BCUT2D eigenvalue weighted by molar-refractivity contribution is 5.95. The summed E-state index contributed by atoms with van der Waals surface area (Å²) < 4.78 is 35.8. The third-order valence-electron chi connectivity index (χ3n) is 7.49. The molecule has 8 rings (SSSR count). The van der Waals surface area contributed by atoms with Gasteiger partial charge in [0.25, 0.3) is 5.91 Å². The van der Waals surface area contributed by atoms with Crippen LogP contribution in [-0.4, -0.2) is 40.0 Å². The fraction of sp³-hybridized carbons (Fsp3) is 0.367. The van der Waals surface area contributed by atoms with Crippen molar-refractivity contribution in [1.82, 2.24) is 9.88 Å². The number of carboxylic acid groups (broad SMARTS) is 1. The van der Waals surface area contributed by atoms with E-state index in [0.29, 0.717) is 37.4 Å². The van der Waals surface area contributed by atoms with Crippen LogP contribution in [0.1, 0.15) is 75.3 Å². The first-order valence-electron chi connectivity index (χ1n) is 13.0. The lowest BCUT2D eigenvalue weighted by molar-refractivity contribution is -0.137. The molecule has 0 saturated carbocycles. The molecule has 1 N–H and O–H groups in total. The van der Waals surface area contributed by atoms with Gasteiger partial charge >= 0.3 is 5.97 Å². The molecule has 0 saturated heterocycles. The Bertz CT molecular complexity index is 1370. The third-order valence-corrected chi connectivity index (χ3v) is 7.49. The van der Waals surface area contributed by atoms with Gasteiger partial charge in [0.05, 0.1) is 13.0 Å². The number of aryl methyl sites for hydroxylation is 2. The highest BCUT2D eigenvalue weighted by Crippen LogP contribution is 2.34. The molecule has 0 radical (unpaired) electrons. The fourth-order valence-electron chi connectivity index (χ4n) is 5.45. The van der Waals surface area contributed by atoms with E-state index in [2.05, 4.69) is 4.98 Å². The number of rotatable bonds is 2. The van der Waals surface area contributed by atoms with Crippen molar-refractivity contribution >= 4 is 11.9 Å². The number of nitrogens with zero attached hydrogens (tertiary/aromatic N) is 2. The van der Waals surface area contributed by atoms with Gasteiger partial charge in [0.15, 0.2) is 0 Å². The molecule has 0 aliphatic carbocycles. The number of halogens is 2. The average Bonchev–Trinajstić information content (AvgIpc) is 2.88. The molecular weight excluding hydrogens is 490 g/mol. The minimum Gasteiger partial charge on any atom is -0.481 e. The lowest BCUT2D eigenvalue weighted by Crippen LogP contribution is -2.37. The Hall–Kier alpha value is -3.81. The summed E-state index contributed by atoms with van der Waals surface area (Å²) in [5.41, 5.74) is 4.32. The Morgan fingerprint density at radius 1 is 1.08 bits per heavy atom. The van der Waals surface area contributed by atoms with E-state index in [0.717, 1.165) is 47.1 Å². The van der Waals surface area contributed by atoms with Gasteiger partial charge in [-0.15, -0.1) is 0 Å². The zero-order valence-electron chi connectivity index (χ0n) is 21.3. The molecule has 8 heteroatoms. The van der Waals surface area contributed by atoms with Crippen LogP contribution in [0, 0.1) is 18.6 Å². The van der Waals surface area contributed by atoms with Gasteiger partial charge in [-0.25, -0.2) is 13.8 Å². The van der Waals surface area contributed by atoms with Crippen molar-refractivity contribution in [1.29, 1.82) is 0 Å².